The Labute approximate surface area is 139 Å². The van der Waals surface area contributed by atoms with E-state index in [0.717, 1.165) is 28.8 Å². The van der Waals surface area contributed by atoms with Crippen LogP contribution >= 0.6 is 34.2 Å². The lowest BCUT2D eigenvalue weighted by molar-refractivity contribution is 0.0156. The van der Waals surface area contributed by atoms with E-state index in [9.17, 15) is 0 Å². The molecule has 1 atom stereocenters. The molecule has 1 aliphatic carbocycles. The van der Waals surface area contributed by atoms with E-state index in [0.29, 0.717) is 11.1 Å². The van der Waals surface area contributed by atoms with Crippen LogP contribution in [0, 0.1) is 3.57 Å². The van der Waals surface area contributed by atoms with Crippen molar-refractivity contribution in [3.8, 4) is 0 Å². The molecule has 2 heterocycles. The maximum Gasteiger partial charge on any atom is 0.146 e. The summed E-state index contributed by atoms with van der Waals surface area (Å²) in [7, 11) is 0. The van der Waals surface area contributed by atoms with E-state index >= 15 is 0 Å². The third-order valence-corrected chi connectivity index (χ3v) is 5.96. The highest BCUT2D eigenvalue weighted by Crippen LogP contribution is 2.37. The predicted octanol–water partition coefficient (Wildman–Crippen LogP) is 4.50. The predicted molar refractivity (Wildman–Crippen MR) is 88.3 cm³/mol. The van der Waals surface area contributed by atoms with Crippen LogP contribution in [-0.4, -0.2) is 22.7 Å². The number of aromatic nitrogens is 2. The molecular formula is C15H20ClIN2O. The van der Waals surface area contributed by atoms with Gasteiger partial charge in [0.15, 0.2) is 0 Å². The molecule has 1 aromatic rings. The molecule has 20 heavy (non-hydrogen) atoms. The summed E-state index contributed by atoms with van der Waals surface area (Å²) in [6, 6.07) is 0. The number of ether oxygens (including phenoxy) is 1. The molecule has 2 aliphatic rings. The van der Waals surface area contributed by atoms with Gasteiger partial charge in [-0.15, -0.1) is 0 Å². The molecule has 1 aliphatic heterocycles. The Kier molecular flexibility index (Phi) is 5.15. The lowest BCUT2D eigenvalue weighted by atomic mass is 10.0. The van der Waals surface area contributed by atoms with Gasteiger partial charge in [-0.25, -0.2) is 9.97 Å². The first kappa shape index (κ1) is 15.0. The van der Waals surface area contributed by atoms with Gasteiger partial charge in [-0.05, 0) is 54.7 Å². The fourth-order valence-corrected chi connectivity index (χ4v) is 4.09. The smallest absolute Gasteiger partial charge is 0.146 e. The average molecular weight is 407 g/mol. The van der Waals surface area contributed by atoms with Crippen molar-refractivity contribution < 1.29 is 4.74 Å². The highest BCUT2D eigenvalue weighted by molar-refractivity contribution is 14.1. The Morgan fingerprint density at radius 3 is 2.55 bits per heavy atom. The molecular weight excluding hydrogens is 387 g/mol. The summed E-state index contributed by atoms with van der Waals surface area (Å²) < 4.78 is 6.84. The first-order valence-electron chi connectivity index (χ1n) is 7.57. The van der Waals surface area contributed by atoms with Crippen molar-refractivity contribution in [2.75, 3.05) is 6.61 Å². The lowest BCUT2D eigenvalue weighted by Gasteiger charge is -2.22. The minimum atomic E-state index is 0.274. The summed E-state index contributed by atoms with van der Waals surface area (Å²) >= 11 is 8.61. The van der Waals surface area contributed by atoms with Crippen LogP contribution in [0.25, 0.3) is 0 Å². The fraction of sp³-hybridized carbons (Fsp3) is 0.733. The van der Waals surface area contributed by atoms with E-state index in [1.165, 1.54) is 44.2 Å². The van der Waals surface area contributed by atoms with Crippen LogP contribution in [0.15, 0.2) is 0 Å². The quantitative estimate of drug-likeness (QED) is 0.547. The summed E-state index contributed by atoms with van der Waals surface area (Å²) in [6.07, 6.45) is 9.72. The van der Waals surface area contributed by atoms with Crippen molar-refractivity contribution in [3.63, 3.8) is 0 Å². The van der Waals surface area contributed by atoms with Gasteiger partial charge in [0.05, 0.1) is 15.4 Å². The maximum atomic E-state index is 6.32. The van der Waals surface area contributed by atoms with Crippen LogP contribution in [0.3, 0.4) is 0 Å². The zero-order valence-corrected chi connectivity index (χ0v) is 14.5. The molecule has 0 spiro atoms. The summed E-state index contributed by atoms with van der Waals surface area (Å²) in [5.41, 5.74) is 1.17. The summed E-state index contributed by atoms with van der Waals surface area (Å²) in [6.45, 7) is 0.873. The molecule has 0 bridgehead atoms. The second kappa shape index (κ2) is 6.88. The summed E-state index contributed by atoms with van der Waals surface area (Å²) in [5.74, 6) is 1.44. The third kappa shape index (κ3) is 3.45. The lowest BCUT2D eigenvalue weighted by Crippen LogP contribution is -2.23. The standard InChI is InChI=1S/C15H20ClIN2O/c16-15-13(17)14(10-5-1-2-6-10)18-12(19-15)9-11-7-3-4-8-20-11/h10-11H,1-9H2. The van der Waals surface area contributed by atoms with Crippen LogP contribution in [0.5, 0.6) is 0 Å². The van der Waals surface area contributed by atoms with E-state index in [1.54, 1.807) is 0 Å². The molecule has 0 aromatic carbocycles. The Bertz CT molecular complexity index is 471. The summed E-state index contributed by atoms with van der Waals surface area (Å²) in [5, 5.41) is 0.619. The van der Waals surface area contributed by atoms with Gasteiger partial charge in [-0.3, -0.25) is 0 Å². The topological polar surface area (TPSA) is 35.0 Å². The third-order valence-electron chi connectivity index (χ3n) is 4.31. The van der Waals surface area contributed by atoms with Crippen molar-refractivity contribution in [1.82, 2.24) is 9.97 Å². The van der Waals surface area contributed by atoms with Crippen molar-refractivity contribution in [3.05, 3.63) is 20.2 Å². The van der Waals surface area contributed by atoms with Gasteiger partial charge in [0.25, 0.3) is 0 Å². The molecule has 1 saturated heterocycles. The van der Waals surface area contributed by atoms with Crippen LogP contribution in [0.4, 0.5) is 0 Å². The molecule has 1 unspecified atom stereocenters. The molecule has 2 fully saturated rings. The Balaban J connectivity index is 1.80. The van der Waals surface area contributed by atoms with Gasteiger partial charge in [-0.2, -0.15) is 0 Å². The van der Waals surface area contributed by atoms with Crippen molar-refractivity contribution in [2.45, 2.75) is 63.4 Å². The fourth-order valence-electron chi connectivity index (χ4n) is 3.21. The van der Waals surface area contributed by atoms with Crippen LogP contribution < -0.4 is 0 Å². The largest absolute Gasteiger partial charge is 0.378 e. The van der Waals surface area contributed by atoms with E-state index < -0.39 is 0 Å². The number of rotatable bonds is 3. The zero-order valence-electron chi connectivity index (χ0n) is 11.6. The van der Waals surface area contributed by atoms with Crippen molar-refractivity contribution >= 4 is 34.2 Å². The van der Waals surface area contributed by atoms with E-state index in [2.05, 4.69) is 27.6 Å². The number of halogens is 2. The first-order chi connectivity index (χ1) is 9.74. The second-order valence-corrected chi connectivity index (χ2v) is 7.24. The normalized spacial score (nSPS) is 24.2. The number of nitrogens with zero attached hydrogens (tertiary/aromatic N) is 2. The van der Waals surface area contributed by atoms with Gasteiger partial charge >= 0.3 is 0 Å². The van der Waals surface area contributed by atoms with E-state index in [-0.39, 0.29) is 6.10 Å². The monoisotopic (exact) mass is 406 g/mol. The number of hydrogen-bond donors (Lipinski definition) is 0. The van der Waals surface area contributed by atoms with Gasteiger partial charge < -0.3 is 4.74 Å². The molecule has 3 rings (SSSR count). The second-order valence-electron chi connectivity index (χ2n) is 5.80. The molecule has 1 aromatic heterocycles. The van der Waals surface area contributed by atoms with Gasteiger partial charge in [0, 0.05) is 18.9 Å². The SMILES string of the molecule is Clc1nc(CC2CCCCO2)nc(C2CCCC2)c1I. The van der Waals surface area contributed by atoms with Crippen LogP contribution in [0.1, 0.15) is 62.4 Å². The molecule has 110 valence electrons. The van der Waals surface area contributed by atoms with Crippen molar-refractivity contribution in [2.24, 2.45) is 0 Å². The first-order valence-corrected chi connectivity index (χ1v) is 9.03. The number of hydrogen-bond acceptors (Lipinski definition) is 3. The zero-order chi connectivity index (χ0) is 13.9. The molecule has 3 nitrogen and oxygen atoms in total. The maximum absolute atomic E-state index is 6.32. The van der Waals surface area contributed by atoms with E-state index in [1.807, 2.05) is 0 Å². The van der Waals surface area contributed by atoms with Crippen LogP contribution in [-0.2, 0) is 11.2 Å². The highest BCUT2D eigenvalue weighted by Gasteiger charge is 2.24. The highest BCUT2D eigenvalue weighted by atomic mass is 127. The summed E-state index contributed by atoms with van der Waals surface area (Å²) in [4.78, 5) is 9.29. The minimum Gasteiger partial charge on any atom is -0.378 e. The minimum absolute atomic E-state index is 0.274. The Morgan fingerprint density at radius 2 is 1.85 bits per heavy atom. The molecule has 0 amide bonds. The Hall–Kier alpha value is 0.0600. The van der Waals surface area contributed by atoms with Gasteiger partial charge in [-0.1, -0.05) is 24.4 Å². The average Bonchev–Trinajstić information content (AvgIpc) is 2.98. The van der Waals surface area contributed by atoms with Crippen LogP contribution in [0.2, 0.25) is 5.15 Å². The van der Waals surface area contributed by atoms with Gasteiger partial charge in [0.1, 0.15) is 11.0 Å². The molecule has 1 saturated carbocycles. The molecule has 5 heteroatoms. The van der Waals surface area contributed by atoms with Crippen molar-refractivity contribution in [1.29, 1.82) is 0 Å². The van der Waals surface area contributed by atoms with Gasteiger partial charge in [0.2, 0.25) is 0 Å². The molecule has 0 N–H and O–H groups in total. The van der Waals surface area contributed by atoms with E-state index in [4.69, 9.17) is 21.3 Å². The molecule has 0 radical (unpaired) electrons. The Morgan fingerprint density at radius 1 is 1.10 bits per heavy atom.